The number of hydrogen-bond acceptors (Lipinski definition) is 9. The van der Waals surface area contributed by atoms with Crippen LogP contribution in [-0.2, 0) is 16.1 Å². The van der Waals surface area contributed by atoms with Crippen LogP contribution in [0.1, 0.15) is 53.1 Å². The number of pyridine rings is 1. The summed E-state index contributed by atoms with van der Waals surface area (Å²) in [5.41, 5.74) is 4.11. The number of carbonyl (C=O) groups is 3. The second-order valence-corrected chi connectivity index (χ2v) is 11.7. The molecule has 13 heteroatoms. The van der Waals surface area contributed by atoms with Gasteiger partial charge in [-0.25, -0.2) is 24.7 Å². The van der Waals surface area contributed by atoms with Crippen LogP contribution in [0.5, 0.6) is 0 Å². The van der Waals surface area contributed by atoms with Crippen molar-refractivity contribution in [3.05, 3.63) is 58.2 Å². The fraction of sp³-hybridized carbons (Fsp3) is 0.370. The van der Waals surface area contributed by atoms with Gasteiger partial charge in [0, 0.05) is 42.7 Å². The molecular formula is C27H27N9O3S. The zero-order valence-corrected chi connectivity index (χ0v) is 22.8. The second-order valence-electron chi connectivity index (χ2n) is 10.6. The third-order valence-electron chi connectivity index (χ3n) is 7.64. The van der Waals surface area contributed by atoms with Crippen molar-refractivity contribution in [2.45, 2.75) is 44.6 Å². The Bertz CT molecular complexity index is 1680. The molecule has 2 aliphatic carbocycles. The number of imidazole rings is 1. The number of urea groups is 1. The highest BCUT2D eigenvalue weighted by Gasteiger charge is 2.45. The van der Waals surface area contributed by atoms with E-state index in [1.165, 1.54) is 18.3 Å². The maximum absolute atomic E-state index is 12.8. The number of thiazole rings is 1. The molecule has 0 aromatic carbocycles. The zero-order valence-electron chi connectivity index (χ0n) is 22.0. The van der Waals surface area contributed by atoms with Gasteiger partial charge in [0.2, 0.25) is 11.8 Å². The monoisotopic (exact) mass is 557 g/mol. The van der Waals surface area contributed by atoms with E-state index in [1.807, 2.05) is 29.0 Å². The molecule has 12 nitrogen and oxygen atoms in total. The molecule has 1 saturated heterocycles. The highest BCUT2D eigenvalue weighted by atomic mass is 32.1. The number of likely N-dealkylation sites (N-methyl/N-ethyl adjacent to an activating group) is 1. The molecule has 5 heterocycles. The lowest BCUT2D eigenvalue weighted by Crippen LogP contribution is -2.30. The molecule has 4 aromatic heterocycles. The van der Waals surface area contributed by atoms with E-state index in [0.717, 1.165) is 46.1 Å². The van der Waals surface area contributed by atoms with E-state index < -0.39 is 0 Å². The molecule has 0 bridgehead atoms. The van der Waals surface area contributed by atoms with E-state index >= 15 is 0 Å². The average Bonchev–Trinajstić information content (AvgIpc) is 3.85. The fourth-order valence-electron chi connectivity index (χ4n) is 5.15. The fourth-order valence-corrected chi connectivity index (χ4v) is 5.82. The van der Waals surface area contributed by atoms with Gasteiger partial charge in [-0.15, -0.1) is 11.3 Å². The molecule has 0 radical (unpaired) electrons. The minimum absolute atomic E-state index is 0.00000911. The van der Waals surface area contributed by atoms with Crippen molar-refractivity contribution in [1.82, 2.24) is 29.2 Å². The van der Waals surface area contributed by atoms with Crippen molar-refractivity contribution < 1.29 is 14.4 Å². The predicted octanol–water partition coefficient (Wildman–Crippen LogP) is 3.52. The van der Waals surface area contributed by atoms with E-state index in [0.29, 0.717) is 35.4 Å². The molecule has 40 heavy (non-hydrogen) atoms. The van der Waals surface area contributed by atoms with Gasteiger partial charge in [0.15, 0.2) is 5.65 Å². The molecule has 7 rings (SSSR count). The van der Waals surface area contributed by atoms with Gasteiger partial charge >= 0.3 is 6.03 Å². The molecule has 204 valence electrons. The van der Waals surface area contributed by atoms with Crippen molar-refractivity contribution in [3.8, 4) is 0 Å². The van der Waals surface area contributed by atoms with Gasteiger partial charge < -0.3 is 15.0 Å². The summed E-state index contributed by atoms with van der Waals surface area (Å²) in [5.74, 6) is 1.19. The van der Waals surface area contributed by atoms with Crippen LogP contribution in [0.2, 0.25) is 0 Å². The first-order valence-corrected chi connectivity index (χ1v) is 14.1. The number of fused-ring (bicyclic) bond motifs is 1. The van der Waals surface area contributed by atoms with E-state index in [2.05, 4.69) is 31.8 Å². The van der Waals surface area contributed by atoms with Gasteiger partial charge in [0.25, 0.3) is 0 Å². The summed E-state index contributed by atoms with van der Waals surface area (Å²) in [6.07, 6.45) is 8.38. The molecule has 1 aliphatic heterocycles. The minimum atomic E-state index is -0.350. The van der Waals surface area contributed by atoms with E-state index in [4.69, 9.17) is 4.98 Å². The van der Waals surface area contributed by atoms with Crippen molar-refractivity contribution in [1.29, 1.82) is 0 Å². The molecule has 2 N–H and O–H groups in total. The van der Waals surface area contributed by atoms with Crippen LogP contribution >= 0.6 is 11.3 Å². The van der Waals surface area contributed by atoms with Crippen LogP contribution in [0.15, 0.2) is 36.2 Å². The second kappa shape index (κ2) is 9.37. The molecule has 3 fully saturated rings. The largest absolute Gasteiger partial charge is 0.364 e. The molecular weight excluding hydrogens is 530 g/mol. The van der Waals surface area contributed by atoms with E-state index in [-0.39, 0.29) is 36.2 Å². The number of rotatable bonds is 8. The first-order valence-electron chi connectivity index (χ1n) is 13.2. The molecule has 0 unspecified atom stereocenters. The van der Waals surface area contributed by atoms with Crippen LogP contribution in [0.4, 0.5) is 22.1 Å². The highest BCUT2D eigenvalue weighted by Crippen LogP contribution is 2.48. The Morgan fingerprint density at radius 3 is 2.67 bits per heavy atom. The van der Waals surface area contributed by atoms with Gasteiger partial charge in [0.05, 0.1) is 28.6 Å². The Balaban J connectivity index is 1.06. The number of aryl methyl sites for hydroxylation is 1. The third kappa shape index (κ3) is 4.55. The summed E-state index contributed by atoms with van der Waals surface area (Å²) in [4.78, 5) is 58.1. The van der Waals surface area contributed by atoms with Crippen LogP contribution in [0, 0.1) is 12.8 Å². The lowest BCUT2D eigenvalue weighted by Gasteiger charge is -2.17. The average molecular weight is 558 g/mol. The lowest BCUT2D eigenvalue weighted by molar-refractivity contribution is -0.124. The Morgan fingerprint density at radius 2 is 1.95 bits per heavy atom. The summed E-state index contributed by atoms with van der Waals surface area (Å²) in [6.45, 7) is 2.33. The highest BCUT2D eigenvalue weighted by molar-refractivity contribution is 7.09. The first kappa shape index (κ1) is 24.6. The van der Waals surface area contributed by atoms with E-state index in [9.17, 15) is 14.4 Å². The summed E-state index contributed by atoms with van der Waals surface area (Å²) in [6, 6.07) is 3.33. The minimum Gasteiger partial charge on any atom is -0.364 e. The Morgan fingerprint density at radius 1 is 1.12 bits per heavy atom. The smallest absolute Gasteiger partial charge is 0.331 e. The molecule has 2 atom stereocenters. The van der Waals surface area contributed by atoms with Crippen molar-refractivity contribution in [3.63, 3.8) is 0 Å². The molecule has 2 saturated carbocycles. The Kier molecular flexibility index (Phi) is 5.77. The van der Waals surface area contributed by atoms with Gasteiger partial charge in [-0.2, -0.15) is 0 Å². The van der Waals surface area contributed by atoms with Crippen molar-refractivity contribution in [2.75, 3.05) is 29.1 Å². The maximum Gasteiger partial charge on any atom is 0.331 e. The standard InChI is InChI=1S/C27H27N9O3S/c1-14-31-20(12-40-14)18-6-19(18)26(38)33-23-7-22(29-13-30-23)28-8-17-10-35-9-16(15-3-4-15)5-21(25(35)32-17)36-11-24(37)34(2)27(36)39/h5,7,9-10,12-13,15,18-19H,3-4,6,8,11H2,1-2H3,(H2,28,29,30,33,38)/t18-,19-/m0/s1. The topological polar surface area (TPSA) is 138 Å². The molecule has 3 aliphatic rings. The number of hydrogen-bond donors (Lipinski definition) is 2. The summed E-state index contributed by atoms with van der Waals surface area (Å²) < 4.78 is 1.93. The lowest BCUT2D eigenvalue weighted by atomic mass is 10.1. The van der Waals surface area contributed by atoms with Crippen LogP contribution in [0.25, 0.3) is 5.65 Å². The number of amides is 4. The molecule has 4 aromatic rings. The molecule has 0 spiro atoms. The Labute approximate surface area is 233 Å². The van der Waals surface area contributed by atoms with Gasteiger partial charge in [0.1, 0.15) is 24.5 Å². The number of anilines is 3. The normalized spacial score (nSPS) is 20.4. The first-order chi connectivity index (χ1) is 19.3. The number of nitrogens with one attached hydrogen (secondary N) is 2. The van der Waals surface area contributed by atoms with Crippen LogP contribution in [-0.4, -0.2) is 60.7 Å². The van der Waals surface area contributed by atoms with Gasteiger partial charge in [-0.1, -0.05) is 0 Å². The van der Waals surface area contributed by atoms with Crippen LogP contribution in [0.3, 0.4) is 0 Å². The van der Waals surface area contributed by atoms with Crippen molar-refractivity contribution in [2.24, 2.45) is 5.92 Å². The summed E-state index contributed by atoms with van der Waals surface area (Å²) >= 11 is 1.60. The number of nitrogens with zero attached hydrogens (tertiary/aromatic N) is 7. The van der Waals surface area contributed by atoms with E-state index in [1.54, 1.807) is 17.4 Å². The SMILES string of the molecule is Cc1nc([C@H]2C[C@@H]2C(=O)Nc2cc(NCc3cn4cc(C5CC5)cc(N5CC(=O)N(C)C5=O)c4n3)ncn2)cs1. The quantitative estimate of drug-likeness (QED) is 0.314. The third-order valence-corrected chi connectivity index (χ3v) is 8.43. The van der Waals surface area contributed by atoms with Gasteiger partial charge in [-0.05, 0) is 43.7 Å². The zero-order chi connectivity index (χ0) is 27.5. The Hall–Kier alpha value is -4.39. The van der Waals surface area contributed by atoms with Crippen LogP contribution < -0.4 is 15.5 Å². The maximum atomic E-state index is 12.8. The summed E-state index contributed by atoms with van der Waals surface area (Å²) in [7, 11) is 1.50. The molecule has 4 amide bonds. The van der Waals surface area contributed by atoms with Crippen molar-refractivity contribution >= 4 is 52.2 Å². The predicted molar refractivity (Wildman–Crippen MR) is 148 cm³/mol. The summed E-state index contributed by atoms with van der Waals surface area (Å²) in [5, 5.41) is 9.18. The number of imide groups is 1. The van der Waals surface area contributed by atoms with Gasteiger partial charge in [-0.3, -0.25) is 19.4 Å². The number of aromatic nitrogens is 5. The number of carbonyl (C=O) groups excluding carboxylic acids is 3.